The third-order valence-corrected chi connectivity index (χ3v) is 4.10. The van der Waals surface area contributed by atoms with E-state index in [4.69, 9.17) is 0 Å². The predicted octanol–water partition coefficient (Wildman–Crippen LogP) is 2.83. The van der Waals surface area contributed by atoms with Gasteiger partial charge >= 0.3 is 5.97 Å². The SMILES string of the molecule is CC(C)(C)C1CCCC1(CS)C(=O)O. The maximum Gasteiger partial charge on any atom is 0.310 e. The minimum atomic E-state index is -0.662. The van der Waals surface area contributed by atoms with Gasteiger partial charge in [-0.15, -0.1) is 0 Å². The lowest BCUT2D eigenvalue weighted by molar-refractivity contribution is -0.152. The fourth-order valence-corrected chi connectivity index (χ4v) is 3.36. The van der Waals surface area contributed by atoms with E-state index in [1.54, 1.807) is 0 Å². The van der Waals surface area contributed by atoms with Gasteiger partial charge in [-0.3, -0.25) is 4.79 Å². The van der Waals surface area contributed by atoms with Crippen molar-refractivity contribution in [2.45, 2.75) is 40.0 Å². The highest BCUT2D eigenvalue weighted by Crippen LogP contribution is 2.52. The van der Waals surface area contributed by atoms with Crippen LogP contribution in [0.25, 0.3) is 0 Å². The van der Waals surface area contributed by atoms with E-state index in [2.05, 4.69) is 33.4 Å². The number of carbonyl (C=O) groups is 1. The first-order valence-electron chi connectivity index (χ1n) is 5.19. The van der Waals surface area contributed by atoms with Crippen molar-refractivity contribution >= 4 is 18.6 Å². The van der Waals surface area contributed by atoms with Crippen molar-refractivity contribution in [1.29, 1.82) is 0 Å². The van der Waals surface area contributed by atoms with Crippen LogP contribution in [0.5, 0.6) is 0 Å². The first-order valence-corrected chi connectivity index (χ1v) is 5.82. The number of aliphatic carboxylic acids is 1. The summed E-state index contributed by atoms with van der Waals surface area (Å²) in [5, 5.41) is 9.35. The summed E-state index contributed by atoms with van der Waals surface area (Å²) < 4.78 is 0. The molecule has 1 saturated carbocycles. The molecule has 0 spiro atoms. The van der Waals surface area contributed by atoms with E-state index in [1.807, 2.05) is 0 Å². The number of hydrogen-bond acceptors (Lipinski definition) is 2. The summed E-state index contributed by atoms with van der Waals surface area (Å²) >= 11 is 4.25. The molecule has 1 aliphatic rings. The van der Waals surface area contributed by atoms with E-state index in [0.717, 1.165) is 19.3 Å². The van der Waals surface area contributed by atoms with Crippen molar-refractivity contribution in [3.8, 4) is 0 Å². The zero-order chi connectivity index (χ0) is 11.0. The number of carboxylic acids is 1. The van der Waals surface area contributed by atoms with Gasteiger partial charge in [0.05, 0.1) is 5.41 Å². The maximum absolute atomic E-state index is 11.4. The van der Waals surface area contributed by atoms with Gasteiger partial charge in [0.2, 0.25) is 0 Å². The normalized spacial score (nSPS) is 33.3. The molecule has 1 N–H and O–H groups in total. The van der Waals surface area contributed by atoms with Crippen LogP contribution in [-0.2, 0) is 4.79 Å². The van der Waals surface area contributed by atoms with E-state index in [-0.39, 0.29) is 11.3 Å². The molecular formula is C11H20O2S. The van der Waals surface area contributed by atoms with Crippen LogP contribution in [0.4, 0.5) is 0 Å². The molecule has 82 valence electrons. The Morgan fingerprint density at radius 1 is 1.57 bits per heavy atom. The summed E-state index contributed by atoms with van der Waals surface area (Å²) in [6, 6.07) is 0. The Bertz CT molecular complexity index is 232. The van der Waals surface area contributed by atoms with Gasteiger partial charge in [0.25, 0.3) is 0 Å². The highest BCUT2D eigenvalue weighted by molar-refractivity contribution is 7.80. The molecule has 1 rings (SSSR count). The summed E-state index contributed by atoms with van der Waals surface area (Å²) in [5.41, 5.74) is -0.515. The number of thiol groups is 1. The third-order valence-electron chi connectivity index (χ3n) is 3.54. The quantitative estimate of drug-likeness (QED) is 0.696. The van der Waals surface area contributed by atoms with E-state index >= 15 is 0 Å². The van der Waals surface area contributed by atoms with E-state index in [9.17, 15) is 9.90 Å². The zero-order valence-electron chi connectivity index (χ0n) is 9.21. The molecular weight excluding hydrogens is 196 g/mol. The van der Waals surface area contributed by atoms with Crippen LogP contribution in [0.15, 0.2) is 0 Å². The Morgan fingerprint density at radius 2 is 2.14 bits per heavy atom. The van der Waals surface area contributed by atoms with Gasteiger partial charge in [0, 0.05) is 5.75 Å². The molecule has 1 fully saturated rings. The van der Waals surface area contributed by atoms with Crippen LogP contribution < -0.4 is 0 Å². The van der Waals surface area contributed by atoms with Crippen LogP contribution in [0.1, 0.15) is 40.0 Å². The van der Waals surface area contributed by atoms with E-state index in [0.29, 0.717) is 5.75 Å². The van der Waals surface area contributed by atoms with Crippen LogP contribution in [0, 0.1) is 16.7 Å². The topological polar surface area (TPSA) is 37.3 Å². The standard InChI is InChI=1S/C11H20O2S/c1-10(2,3)8-5-4-6-11(8,7-14)9(12)13/h8,14H,4-7H2,1-3H3,(H,12,13). The van der Waals surface area contributed by atoms with Crippen molar-refractivity contribution in [1.82, 2.24) is 0 Å². The summed E-state index contributed by atoms with van der Waals surface area (Å²) in [6.45, 7) is 6.39. The summed E-state index contributed by atoms with van der Waals surface area (Å²) in [5.74, 6) is 0.0551. The van der Waals surface area contributed by atoms with Gasteiger partial charge in [-0.2, -0.15) is 12.6 Å². The van der Waals surface area contributed by atoms with Gasteiger partial charge in [-0.1, -0.05) is 27.2 Å². The Hall–Kier alpha value is -0.180. The maximum atomic E-state index is 11.4. The molecule has 0 radical (unpaired) electrons. The van der Waals surface area contributed by atoms with Gasteiger partial charge < -0.3 is 5.11 Å². The predicted molar refractivity (Wildman–Crippen MR) is 60.7 cm³/mol. The van der Waals surface area contributed by atoms with E-state index in [1.165, 1.54) is 0 Å². The first-order chi connectivity index (χ1) is 6.34. The largest absolute Gasteiger partial charge is 0.481 e. The smallest absolute Gasteiger partial charge is 0.310 e. The van der Waals surface area contributed by atoms with Crippen molar-refractivity contribution in [3.63, 3.8) is 0 Å². The van der Waals surface area contributed by atoms with Crippen molar-refractivity contribution in [2.75, 3.05) is 5.75 Å². The fourth-order valence-electron chi connectivity index (χ4n) is 2.85. The first kappa shape index (κ1) is 11.9. The molecule has 0 aliphatic heterocycles. The minimum Gasteiger partial charge on any atom is -0.481 e. The average Bonchev–Trinajstić information content (AvgIpc) is 2.47. The Morgan fingerprint density at radius 3 is 2.43 bits per heavy atom. The number of carboxylic acid groups (broad SMARTS) is 1. The number of hydrogen-bond donors (Lipinski definition) is 2. The molecule has 0 amide bonds. The Balaban J connectivity index is 3.01. The van der Waals surface area contributed by atoms with E-state index < -0.39 is 11.4 Å². The lowest BCUT2D eigenvalue weighted by Crippen LogP contribution is -2.42. The second-order valence-corrected chi connectivity index (χ2v) is 5.75. The van der Waals surface area contributed by atoms with Crippen LogP contribution in [0.2, 0.25) is 0 Å². The summed E-state index contributed by atoms with van der Waals surface area (Å²) in [7, 11) is 0. The van der Waals surface area contributed by atoms with Crippen LogP contribution in [-0.4, -0.2) is 16.8 Å². The molecule has 14 heavy (non-hydrogen) atoms. The molecule has 0 aromatic heterocycles. The lowest BCUT2D eigenvalue weighted by atomic mass is 9.67. The van der Waals surface area contributed by atoms with Crippen LogP contribution in [0.3, 0.4) is 0 Å². The highest BCUT2D eigenvalue weighted by Gasteiger charge is 2.52. The number of rotatable bonds is 2. The lowest BCUT2D eigenvalue weighted by Gasteiger charge is -2.38. The second kappa shape index (κ2) is 3.76. The summed E-state index contributed by atoms with van der Waals surface area (Å²) in [6.07, 6.45) is 2.83. The van der Waals surface area contributed by atoms with Gasteiger partial charge in [-0.05, 0) is 24.2 Å². The molecule has 2 nitrogen and oxygen atoms in total. The molecule has 3 heteroatoms. The molecule has 0 saturated heterocycles. The highest BCUT2D eigenvalue weighted by atomic mass is 32.1. The fraction of sp³-hybridized carbons (Fsp3) is 0.909. The van der Waals surface area contributed by atoms with Crippen molar-refractivity contribution < 1.29 is 9.90 Å². The minimum absolute atomic E-state index is 0.0671. The van der Waals surface area contributed by atoms with Gasteiger partial charge in [-0.25, -0.2) is 0 Å². The summed E-state index contributed by atoms with van der Waals surface area (Å²) in [4.78, 5) is 11.4. The molecule has 0 bridgehead atoms. The molecule has 1 aliphatic carbocycles. The molecule has 0 aromatic carbocycles. The monoisotopic (exact) mass is 216 g/mol. The van der Waals surface area contributed by atoms with Crippen LogP contribution >= 0.6 is 12.6 Å². The Labute approximate surface area is 91.5 Å². The zero-order valence-corrected chi connectivity index (χ0v) is 10.1. The van der Waals surface area contributed by atoms with Crippen molar-refractivity contribution in [2.24, 2.45) is 16.7 Å². The van der Waals surface area contributed by atoms with Gasteiger partial charge in [0.15, 0.2) is 0 Å². The molecule has 0 aromatic rings. The Kier molecular flexibility index (Phi) is 3.20. The van der Waals surface area contributed by atoms with Crippen molar-refractivity contribution in [3.05, 3.63) is 0 Å². The van der Waals surface area contributed by atoms with Gasteiger partial charge in [0.1, 0.15) is 0 Å². The molecule has 2 unspecified atom stereocenters. The average molecular weight is 216 g/mol. The molecule has 0 heterocycles. The third kappa shape index (κ3) is 1.79. The molecule has 2 atom stereocenters. The second-order valence-electron chi connectivity index (χ2n) is 5.43.